The van der Waals surface area contributed by atoms with Crippen molar-refractivity contribution >= 4 is 29.6 Å². The number of fused-ring (bicyclic) bond motifs is 2. The van der Waals surface area contributed by atoms with Gasteiger partial charge in [0.1, 0.15) is 5.82 Å². The molecule has 6 rings (SSSR count). The molecule has 2 aliphatic heterocycles. The molecule has 0 spiro atoms. The highest BCUT2D eigenvalue weighted by atomic mass is 19.1. The fourth-order valence-electron chi connectivity index (χ4n) is 6.39. The second-order valence-electron chi connectivity index (χ2n) is 11.7. The molecule has 3 heterocycles. The third-order valence-corrected chi connectivity index (χ3v) is 8.87. The summed E-state index contributed by atoms with van der Waals surface area (Å²) in [5.41, 5.74) is 2.21. The first-order valence-corrected chi connectivity index (χ1v) is 15.5. The maximum atomic E-state index is 13.2. The van der Waals surface area contributed by atoms with Gasteiger partial charge in [-0.3, -0.25) is 9.98 Å². The van der Waals surface area contributed by atoms with E-state index in [1.165, 1.54) is 18.5 Å². The summed E-state index contributed by atoms with van der Waals surface area (Å²) in [5.74, 6) is 1.60. The third-order valence-electron chi connectivity index (χ3n) is 8.87. The highest BCUT2D eigenvalue weighted by Gasteiger charge is 2.28. The van der Waals surface area contributed by atoms with Crippen molar-refractivity contribution in [2.45, 2.75) is 62.9 Å². The van der Waals surface area contributed by atoms with Gasteiger partial charge in [-0.25, -0.2) is 14.0 Å². The Hall–Kier alpha value is -4.45. The monoisotopic (exact) mass is 602 g/mol. The van der Waals surface area contributed by atoms with Crippen molar-refractivity contribution in [3.05, 3.63) is 70.5 Å². The lowest BCUT2D eigenvalue weighted by Crippen LogP contribution is -2.40. The van der Waals surface area contributed by atoms with Crippen LogP contribution in [0.15, 0.2) is 53.5 Å². The van der Waals surface area contributed by atoms with Crippen molar-refractivity contribution in [2.75, 3.05) is 36.8 Å². The molecule has 12 heteroatoms. The van der Waals surface area contributed by atoms with Gasteiger partial charge in [-0.1, -0.05) is 6.07 Å². The number of nitrogens with one attached hydrogen (secondary N) is 5. The van der Waals surface area contributed by atoms with Crippen LogP contribution >= 0.6 is 0 Å². The maximum absolute atomic E-state index is 13.2. The van der Waals surface area contributed by atoms with E-state index < -0.39 is 0 Å². The summed E-state index contributed by atoms with van der Waals surface area (Å²) < 4.78 is 21.1. The maximum Gasteiger partial charge on any atom is 0.350 e. The molecule has 2 fully saturated rings. The average Bonchev–Trinajstić information content (AvgIpc) is 3.05. The van der Waals surface area contributed by atoms with Crippen molar-refractivity contribution < 1.29 is 13.9 Å². The van der Waals surface area contributed by atoms with Crippen LogP contribution in [0.25, 0.3) is 0 Å². The summed E-state index contributed by atoms with van der Waals surface area (Å²) >= 11 is 0. The molecule has 3 aromatic rings. The lowest BCUT2D eigenvalue weighted by Gasteiger charge is -2.33. The Labute approximate surface area is 255 Å². The molecule has 0 unspecified atom stereocenters. The van der Waals surface area contributed by atoms with Crippen LogP contribution in [0, 0.1) is 11.2 Å². The van der Waals surface area contributed by atoms with E-state index >= 15 is 0 Å². The molecule has 2 amide bonds. The zero-order chi connectivity index (χ0) is 30.5. The second-order valence-corrected chi connectivity index (χ2v) is 11.7. The number of anilines is 3. The van der Waals surface area contributed by atoms with Crippen molar-refractivity contribution in [3.63, 3.8) is 0 Å². The van der Waals surface area contributed by atoms with Gasteiger partial charge in [0.05, 0.1) is 18.2 Å². The van der Waals surface area contributed by atoms with Crippen LogP contribution in [-0.4, -0.2) is 59.0 Å². The van der Waals surface area contributed by atoms with Crippen molar-refractivity contribution in [1.82, 2.24) is 25.1 Å². The van der Waals surface area contributed by atoms with Crippen molar-refractivity contribution in [1.29, 1.82) is 5.41 Å². The molecule has 2 aromatic carbocycles. The summed E-state index contributed by atoms with van der Waals surface area (Å²) in [7, 11) is 0. The van der Waals surface area contributed by atoms with Gasteiger partial charge in [-0.15, -0.1) is 0 Å². The summed E-state index contributed by atoms with van der Waals surface area (Å²) in [6.45, 7) is 2.93. The van der Waals surface area contributed by atoms with Crippen LogP contribution < -0.4 is 31.7 Å². The number of carbonyl (C=O) groups is 1. The zero-order valence-electron chi connectivity index (χ0n) is 24.7. The molecule has 0 radical (unpaired) electrons. The van der Waals surface area contributed by atoms with Crippen molar-refractivity contribution in [3.8, 4) is 11.5 Å². The molecule has 1 aromatic heterocycles. The Morgan fingerprint density at radius 2 is 1.82 bits per heavy atom. The number of urea groups is 1. The first-order chi connectivity index (χ1) is 21.5. The van der Waals surface area contributed by atoms with Gasteiger partial charge in [0, 0.05) is 37.4 Å². The standard InChI is InChI=1S/C32H39FN8O3/c33-23-3-5-25(6-4-23)37-31(42)40-16-12-21(13-17-40)22-2-11-28-27(18-22)38-30-29(44-28)19-41(32(43)39-30)26-9-7-24(8-10-26)36-15-1-14-35-20-34/h2-6,11,18-21,24,26,36H,1,7-10,12-17H2,(H2,34,35)(H,37,42)(H,38,39,43). The summed E-state index contributed by atoms with van der Waals surface area (Å²) in [6, 6.07) is 12.2. The van der Waals surface area contributed by atoms with Gasteiger partial charge in [0.25, 0.3) is 0 Å². The van der Waals surface area contributed by atoms with Crippen LogP contribution in [0.5, 0.6) is 11.5 Å². The van der Waals surface area contributed by atoms with Gasteiger partial charge >= 0.3 is 11.7 Å². The highest BCUT2D eigenvalue weighted by molar-refractivity contribution is 5.89. The Morgan fingerprint density at radius 1 is 1.05 bits per heavy atom. The molecule has 11 nitrogen and oxygen atoms in total. The molecular formula is C32H39FN8O3. The summed E-state index contributed by atoms with van der Waals surface area (Å²) in [6.07, 6.45) is 9.40. The SMILES string of the molecule is N=CNCCCNC1CCC(n2cc3c(nc2=O)Nc2cc(C4CCN(C(=O)Nc5ccc(F)cc5)CC4)ccc2O3)CC1. The van der Waals surface area contributed by atoms with E-state index in [2.05, 4.69) is 38.4 Å². The minimum Gasteiger partial charge on any atom is -0.450 e. The van der Waals surface area contributed by atoms with E-state index in [4.69, 9.17) is 10.1 Å². The molecule has 1 saturated heterocycles. The van der Waals surface area contributed by atoms with Crippen LogP contribution in [-0.2, 0) is 0 Å². The fourth-order valence-corrected chi connectivity index (χ4v) is 6.39. The van der Waals surface area contributed by atoms with Crippen LogP contribution in [0.4, 0.5) is 26.4 Å². The highest BCUT2D eigenvalue weighted by Crippen LogP contribution is 2.43. The number of nitrogens with zero attached hydrogens (tertiary/aromatic N) is 3. The molecule has 0 atom stereocenters. The first kappa shape index (κ1) is 29.6. The molecular weight excluding hydrogens is 563 g/mol. The Kier molecular flexibility index (Phi) is 9.06. The van der Waals surface area contributed by atoms with Gasteiger partial charge in [-0.2, -0.15) is 4.98 Å². The number of benzene rings is 2. The van der Waals surface area contributed by atoms with E-state index in [1.54, 1.807) is 27.8 Å². The normalized spacial score (nSPS) is 19.6. The first-order valence-electron chi connectivity index (χ1n) is 15.5. The molecule has 232 valence electrons. The lowest BCUT2D eigenvalue weighted by molar-refractivity contribution is 0.194. The number of likely N-dealkylation sites (tertiary alicyclic amines) is 1. The molecule has 1 aliphatic carbocycles. The summed E-state index contributed by atoms with van der Waals surface area (Å²) in [5, 5.41) is 19.7. The van der Waals surface area contributed by atoms with Crippen LogP contribution in [0.3, 0.4) is 0 Å². The average molecular weight is 603 g/mol. The van der Waals surface area contributed by atoms with E-state index in [-0.39, 0.29) is 29.5 Å². The van der Waals surface area contributed by atoms with E-state index in [0.29, 0.717) is 42.1 Å². The van der Waals surface area contributed by atoms with Gasteiger partial charge in [-0.05, 0) is 99.4 Å². The predicted octanol–water partition coefficient (Wildman–Crippen LogP) is 5.30. The van der Waals surface area contributed by atoms with E-state index in [9.17, 15) is 14.0 Å². The minimum atomic E-state index is -0.340. The number of amides is 2. The van der Waals surface area contributed by atoms with Crippen molar-refractivity contribution in [2.24, 2.45) is 0 Å². The van der Waals surface area contributed by atoms with E-state index in [0.717, 1.165) is 69.3 Å². The fraction of sp³-hybridized carbons (Fsp3) is 0.438. The Bertz CT molecular complexity index is 1530. The molecule has 0 bridgehead atoms. The quantitative estimate of drug-likeness (QED) is 0.0996. The van der Waals surface area contributed by atoms with E-state index in [1.807, 2.05) is 6.07 Å². The topological polar surface area (TPSA) is 136 Å². The van der Waals surface area contributed by atoms with Gasteiger partial charge in [0.2, 0.25) is 0 Å². The Morgan fingerprint density at radius 3 is 2.57 bits per heavy atom. The minimum absolute atomic E-state index is 0.0916. The Balaban J connectivity index is 1.03. The zero-order valence-corrected chi connectivity index (χ0v) is 24.7. The number of piperidine rings is 1. The third kappa shape index (κ3) is 6.85. The lowest BCUT2D eigenvalue weighted by atomic mass is 9.89. The van der Waals surface area contributed by atoms with Gasteiger partial charge < -0.3 is 30.9 Å². The van der Waals surface area contributed by atoms with Gasteiger partial charge in [0.15, 0.2) is 17.3 Å². The molecule has 3 aliphatic rings. The van der Waals surface area contributed by atoms with Crippen LogP contribution in [0.1, 0.15) is 62.5 Å². The number of rotatable bonds is 9. The number of aromatic nitrogens is 2. The second kappa shape index (κ2) is 13.5. The molecule has 1 saturated carbocycles. The van der Waals surface area contributed by atoms with Crippen LogP contribution in [0.2, 0.25) is 0 Å². The number of hydrogen-bond acceptors (Lipinski definition) is 7. The summed E-state index contributed by atoms with van der Waals surface area (Å²) in [4.78, 5) is 31.9. The number of hydrogen-bond donors (Lipinski definition) is 5. The number of carbonyl (C=O) groups excluding carboxylic acids is 1. The smallest absolute Gasteiger partial charge is 0.350 e. The molecule has 44 heavy (non-hydrogen) atoms. The number of ether oxygens (including phenoxy) is 1. The molecule has 5 N–H and O–H groups in total. The number of halogens is 1. The predicted molar refractivity (Wildman–Crippen MR) is 168 cm³/mol. The largest absolute Gasteiger partial charge is 0.450 e.